The molecule has 3 heterocycles. The van der Waals surface area contributed by atoms with Crippen LogP contribution in [0.4, 0.5) is 10.1 Å². The minimum atomic E-state index is -0.606. The van der Waals surface area contributed by atoms with Gasteiger partial charge in [0.05, 0.1) is 11.4 Å². The number of carbonyl (C=O) groups excluding carboxylic acids is 1. The van der Waals surface area contributed by atoms with E-state index < -0.39 is 6.23 Å². The lowest BCUT2D eigenvalue weighted by atomic mass is 10.0. The van der Waals surface area contributed by atoms with Crippen LogP contribution in [0.5, 0.6) is 0 Å². The van der Waals surface area contributed by atoms with E-state index in [0.29, 0.717) is 30.9 Å². The van der Waals surface area contributed by atoms with Crippen LogP contribution in [-0.2, 0) is 22.4 Å². The Morgan fingerprint density at radius 2 is 1.86 bits per heavy atom. The smallest absolute Gasteiger partial charge is 0.250 e. The van der Waals surface area contributed by atoms with Crippen molar-refractivity contribution in [2.24, 2.45) is 10.7 Å². The molecule has 2 N–H and O–H groups in total. The van der Waals surface area contributed by atoms with Gasteiger partial charge in [0.1, 0.15) is 24.0 Å². The van der Waals surface area contributed by atoms with Crippen molar-refractivity contribution in [1.82, 2.24) is 14.7 Å². The fraction of sp³-hybridized carbons (Fsp3) is 0.179. The minimum Gasteiger partial charge on any atom is -0.387 e. The number of benzene rings is 3. The minimum absolute atomic E-state index is 0.00838. The zero-order valence-electron chi connectivity index (χ0n) is 19.8. The number of aromatic nitrogens is 2. The number of fused-ring (bicyclic) bond motifs is 1. The van der Waals surface area contributed by atoms with Gasteiger partial charge in [-0.05, 0) is 72.1 Å². The average molecular weight is 560 g/mol. The first-order valence-electron chi connectivity index (χ1n) is 11.9. The number of ether oxygens (including phenoxy) is 1. The van der Waals surface area contributed by atoms with Gasteiger partial charge in [-0.1, -0.05) is 28.1 Å². The molecule has 186 valence electrons. The summed E-state index contributed by atoms with van der Waals surface area (Å²) in [5.41, 5.74) is 12.0. The fourth-order valence-electron chi connectivity index (χ4n) is 4.76. The monoisotopic (exact) mass is 559 g/mol. The lowest BCUT2D eigenvalue weighted by Gasteiger charge is -2.23. The summed E-state index contributed by atoms with van der Waals surface area (Å²) in [4.78, 5) is 19.0. The molecule has 4 aromatic rings. The molecule has 7 nitrogen and oxygen atoms in total. The van der Waals surface area contributed by atoms with Crippen LogP contribution in [-0.4, -0.2) is 39.6 Å². The number of amidine groups is 1. The molecule has 0 spiro atoms. The summed E-state index contributed by atoms with van der Waals surface area (Å²) in [6.07, 6.45) is 2.58. The van der Waals surface area contributed by atoms with Gasteiger partial charge >= 0.3 is 0 Å². The second kappa shape index (κ2) is 9.57. The van der Waals surface area contributed by atoms with E-state index in [1.807, 2.05) is 42.6 Å². The van der Waals surface area contributed by atoms with Gasteiger partial charge < -0.3 is 15.4 Å². The van der Waals surface area contributed by atoms with Crippen LogP contribution < -0.4 is 5.73 Å². The highest BCUT2D eigenvalue weighted by Crippen LogP contribution is 2.36. The van der Waals surface area contributed by atoms with Gasteiger partial charge in [0.2, 0.25) is 0 Å². The molecule has 2 aliphatic rings. The first kappa shape index (κ1) is 23.6. The highest BCUT2D eigenvalue weighted by Gasteiger charge is 2.36. The van der Waals surface area contributed by atoms with Crippen molar-refractivity contribution in [3.05, 3.63) is 99.9 Å². The number of nitrogens with zero attached hydrogens (tertiary/aromatic N) is 4. The summed E-state index contributed by atoms with van der Waals surface area (Å²) in [6.45, 7) is 0.469. The first-order chi connectivity index (χ1) is 17.9. The van der Waals surface area contributed by atoms with Gasteiger partial charge in [0, 0.05) is 34.8 Å². The van der Waals surface area contributed by atoms with E-state index in [0.717, 1.165) is 38.1 Å². The number of hydrogen-bond acceptors (Lipinski definition) is 5. The Morgan fingerprint density at radius 1 is 1.08 bits per heavy atom. The molecule has 6 rings (SSSR count). The molecule has 0 saturated carbocycles. The Labute approximate surface area is 221 Å². The van der Waals surface area contributed by atoms with Crippen LogP contribution in [0.1, 0.15) is 22.9 Å². The van der Waals surface area contributed by atoms with E-state index >= 15 is 0 Å². The third-order valence-electron chi connectivity index (χ3n) is 6.61. The number of hydrogen-bond donors (Lipinski definition) is 1. The molecule has 1 aromatic heterocycles. The quantitative estimate of drug-likeness (QED) is 0.356. The van der Waals surface area contributed by atoms with Crippen molar-refractivity contribution in [3.8, 4) is 16.9 Å². The van der Waals surface area contributed by atoms with Crippen molar-refractivity contribution in [3.63, 3.8) is 0 Å². The second-order valence-electron chi connectivity index (χ2n) is 9.10. The second-order valence-corrected chi connectivity index (χ2v) is 10.0. The van der Waals surface area contributed by atoms with Gasteiger partial charge in [-0.15, -0.1) is 0 Å². The van der Waals surface area contributed by atoms with Crippen LogP contribution in [0.25, 0.3) is 16.9 Å². The summed E-state index contributed by atoms with van der Waals surface area (Å²) < 4.78 is 22.4. The molecule has 2 aliphatic heterocycles. The molecular formula is C28H23BrFN5O2. The van der Waals surface area contributed by atoms with Crippen molar-refractivity contribution < 1.29 is 13.9 Å². The van der Waals surface area contributed by atoms with E-state index in [4.69, 9.17) is 15.6 Å². The largest absolute Gasteiger partial charge is 0.387 e. The summed E-state index contributed by atoms with van der Waals surface area (Å²) in [5, 5.41) is 4.82. The summed E-state index contributed by atoms with van der Waals surface area (Å²) in [5.74, 6) is 0.208. The lowest BCUT2D eigenvalue weighted by molar-refractivity contribution is -0.128. The SMILES string of the molecule is NC1=Nc2ccc(CCN3C(=O)COC3c3cn(-c4ccc(Br)cc4)nc3-c3ccc(F)cc3)cc2C1. The van der Waals surface area contributed by atoms with Gasteiger partial charge in [-0.3, -0.25) is 4.79 Å². The zero-order chi connectivity index (χ0) is 25.5. The summed E-state index contributed by atoms with van der Waals surface area (Å²) in [6, 6.07) is 20.0. The Kier molecular flexibility index (Phi) is 6.10. The molecule has 1 saturated heterocycles. The molecule has 0 radical (unpaired) electrons. The first-order valence-corrected chi connectivity index (χ1v) is 12.7. The number of amides is 1. The predicted octanol–water partition coefficient (Wildman–Crippen LogP) is 5.09. The van der Waals surface area contributed by atoms with Crippen molar-refractivity contribution in [2.45, 2.75) is 19.1 Å². The highest BCUT2D eigenvalue weighted by molar-refractivity contribution is 9.10. The van der Waals surface area contributed by atoms with E-state index in [-0.39, 0.29) is 18.3 Å². The summed E-state index contributed by atoms with van der Waals surface area (Å²) in [7, 11) is 0. The van der Waals surface area contributed by atoms with Crippen LogP contribution >= 0.6 is 15.9 Å². The molecule has 1 atom stereocenters. The molecule has 0 bridgehead atoms. The Morgan fingerprint density at radius 3 is 2.65 bits per heavy atom. The fourth-order valence-corrected chi connectivity index (χ4v) is 5.03. The van der Waals surface area contributed by atoms with Gasteiger partial charge in [-0.2, -0.15) is 5.10 Å². The maximum atomic E-state index is 13.7. The zero-order valence-corrected chi connectivity index (χ0v) is 21.4. The Hall–Kier alpha value is -3.82. The topological polar surface area (TPSA) is 85.7 Å². The normalized spacial score (nSPS) is 16.8. The van der Waals surface area contributed by atoms with E-state index in [9.17, 15) is 9.18 Å². The van der Waals surface area contributed by atoms with Crippen molar-refractivity contribution >= 4 is 33.4 Å². The molecule has 1 amide bonds. The third-order valence-corrected chi connectivity index (χ3v) is 7.14. The molecule has 37 heavy (non-hydrogen) atoms. The maximum Gasteiger partial charge on any atom is 0.250 e. The van der Waals surface area contributed by atoms with Gasteiger partial charge in [0.25, 0.3) is 5.91 Å². The van der Waals surface area contributed by atoms with Gasteiger partial charge in [-0.25, -0.2) is 14.1 Å². The average Bonchev–Trinajstić information content (AvgIpc) is 3.59. The van der Waals surface area contributed by atoms with Crippen LogP contribution in [0, 0.1) is 5.82 Å². The maximum absolute atomic E-state index is 13.7. The number of nitrogens with two attached hydrogens (primary N) is 1. The molecular weight excluding hydrogens is 537 g/mol. The van der Waals surface area contributed by atoms with Gasteiger partial charge in [0.15, 0.2) is 6.23 Å². The predicted molar refractivity (Wildman–Crippen MR) is 142 cm³/mol. The number of rotatable bonds is 6. The molecule has 9 heteroatoms. The number of halogens is 2. The molecule has 0 aliphatic carbocycles. The van der Waals surface area contributed by atoms with Crippen LogP contribution in [0.15, 0.2) is 82.4 Å². The third kappa shape index (κ3) is 4.68. The number of carbonyl (C=O) groups is 1. The molecule has 1 unspecified atom stereocenters. The Bertz CT molecular complexity index is 1510. The van der Waals surface area contributed by atoms with Crippen molar-refractivity contribution in [2.75, 3.05) is 13.2 Å². The van der Waals surface area contributed by atoms with Crippen molar-refractivity contribution in [1.29, 1.82) is 0 Å². The highest BCUT2D eigenvalue weighted by atomic mass is 79.9. The van der Waals surface area contributed by atoms with E-state index in [2.05, 4.69) is 27.0 Å². The number of aliphatic imine (C=N–C) groups is 1. The molecule has 3 aromatic carbocycles. The van der Waals surface area contributed by atoms with Crippen LogP contribution in [0.2, 0.25) is 0 Å². The van der Waals surface area contributed by atoms with Crippen LogP contribution in [0.3, 0.4) is 0 Å². The van der Waals surface area contributed by atoms with E-state index in [1.54, 1.807) is 21.7 Å². The Balaban J connectivity index is 1.32. The summed E-state index contributed by atoms with van der Waals surface area (Å²) >= 11 is 3.46. The van der Waals surface area contributed by atoms with E-state index in [1.165, 1.54) is 12.1 Å². The molecule has 1 fully saturated rings. The standard InChI is InChI=1S/C28H23BrFN5O2/c29-20-4-8-22(9-5-20)35-15-23(27(33-35)18-2-6-21(30)7-3-18)28-34(26(36)16-37-28)12-11-17-1-10-24-19(13-17)14-25(31)32-24/h1-10,13,15,28H,11-12,14,16H2,(H2,31,32). The lowest BCUT2D eigenvalue weighted by Crippen LogP contribution is -2.30.